The van der Waals surface area contributed by atoms with E-state index in [4.69, 9.17) is 16.3 Å². The van der Waals surface area contributed by atoms with Crippen molar-refractivity contribution in [3.05, 3.63) is 52.7 Å². The van der Waals surface area contributed by atoms with Crippen molar-refractivity contribution in [2.45, 2.75) is 32.0 Å². The summed E-state index contributed by atoms with van der Waals surface area (Å²) in [4.78, 5) is 18.0. The Morgan fingerprint density at radius 2 is 2.00 bits per heavy atom. The fraction of sp³-hybridized carbons (Fsp3) is 0.400. The van der Waals surface area contributed by atoms with Gasteiger partial charge in [-0.2, -0.15) is 13.2 Å². The molecule has 1 aliphatic rings. The van der Waals surface area contributed by atoms with Crippen molar-refractivity contribution in [3.8, 4) is 5.75 Å². The topological polar surface area (TPSA) is 54.5 Å². The lowest BCUT2D eigenvalue weighted by atomic mass is 10.0. The van der Waals surface area contributed by atoms with E-state index in [2.05, 4.69) is 10.3 Å². The Kier molecular flexibility index (Phi) is 6.52. The number of carbonyl (C=O) groups is 1. The van der Waals surface area contributed by atoms with E-state index in [1.165, 1.54) is 6.07 Å². The second kappa shape index (κ2) is 8.90. The molecule has 1 fully saturated rings. The van der Waals surface area contributed by atoms with Gasteiger partial charge in [0, 0.05) is 30.4 Å². The van der Waals surface area contributed by atoms with E-state index < -0.39 is 11.7 Å². The van der Waals surface area contributed by atoms with Gasteiger partial charge in [-0.1, -0.05) is 11.6 Å². The van der Waals surface area contributed by atoms with Crippen LogP contribution in [0.15, 0.2) is 36.5 Å². The number of pyridine rings is 1. The van der Waals surface area contributed by atoms with Gasteiger partial charge in [-0.25, -0.2) is 4.98 Å². The average molecular weight is 428 g/mol. The monoisotopic (exact) mass is 427 g/mol. The number of halogens is 4. The van der Waals surface area contributed by atoms with Gasteiger partial charge in [0.2, 0.25) is 0 Å². The first kappa shape index (κ1) is 21.2. The van der Waals surface area contributed by atoms with E-state index in [0.29, 0.717) is 42.5 Å². The molecule has 2 aromatic rings. The zero-order valence-corrected chi connectivity index (χ0v) is 16.6. The largest absolute Gasteiger partial charge is 0.484 e. The highest BCUT2D eigenvalue weighted by Gasteiger charge is 2.31. The number of aryl methyl sites for hydroxylation is 1. The van der Waals surface area contributed by atoms with E-state index in [1.54, 1.807) is 18.2 Å². The van der Waals surface area contributed by atoms with E-state index in [1.807, 2.05) is 11.8 Å². The molecular weight excluding hydrogens is 407 g/mol. The summed E-state index contributed by atoms with van der Waals surface area (Å²) in [6, 6.07) is 7.59. The summed E-state index contributed by atoms with van der Waals surface area (Å²) in [5, 5.41) is 3.54. The van der Waals surface area contributed by atoms with Crippen LogP contribution in [-0.4, -0.2) is 36.6 Å². The second-order valence-corrected chi connectivity index (χ2v) is 7.37. The molecule has 0 radical (unpaired) electrons. The van der Waals surface area contributed by atoms with Gasteiger partial charge in [0.15, 0.2) is 6.61 Å². The maximum atomic E-state index is 12.6. The molecule has 29 heavy (non-hydrogen) atoms. The van der Waals surface area contributed by atoms with Crippen LogP contribution in [0.5, 0.6) is 5.75 Å². The molecule has 1 aromatic heterocycles. The summed E-state index contributed by atoms with van der Waals surface area (Å²) in [5.74, 6) is 0.891. The van der Waals surface area contributed by atoms with Crippen molar-refractivity contribution in [2.24, 2.45) is 0 Å². The number of nitrogens with one attached hydrogen (secondary N) is 1. The number of piperidine rings is 1. The fourth-order valence-corrected chi connectivity index (χ4v) is 3.41. The Balaban J connectivity index is 1.45. The third-order valence-corrected chi connectivity index (χ3v) is 4.99. The molecule has 1 amide bonds. The first-order valence-corrected chi connectivity index (χ1v) is 9.56. The predicted molar refractivity (Wildman–Crippen MR) is 104 cm³/mol. The first-order chi connectivity index (χ1) is 13.7. The normalized spacial score (nSPS) is 15.3. The van der Waals surface area contributed by atoms with Crippen molar-refractivity contribution in [1.29, 1.82) is 0 Å². The number of carbonyl (C=O) groups excluding carboxylic acids is 1. The zero-order valence-electron chi connectivity index (χ0n) is 15.8. The van der Waals surface area contributed by atoms with Crippen LogP contribution >= 0.6 is 11.6 Å². The molecule has 0 unspecified atom stereocenters. The first-order valence-electron chi connectivity index (χ1n) is 9.19. The van der Waals surface area contributed by atoms with Crippen LogP contribution in [0.2, 0.25) is 5.02 Å². The molecule has 5 nitrogen and oxygen atoms in total. The minimum absolute atomic E-state index is 0.0110. The summed E-state index contributed by atoms with van der Waals surface area (Å²) < 4.78 is 43.4. The molecule has 1 aliphatic heterocycles. The van der Waals surface area contributed by atoms with Crippen LogP contribution in [0.25, 0.3) is 0 Å². The summed E-state index contributed by atoms with van der Waals surface area (Å²) in [6.45, 7) is 2.95. The molecule has 0 aliphatic carbocycles. The smallest absolute Gasteiger partial charge is 0.417 e. The standard InChI is InChI=1S/C20H21ClF3N3O2/c1-13-10-15(21)3-4-17(13)29-12-19(28)26-16-6-8-27(9-7-16)18-5-2-14(11-25-18)20(22,23)24/h2-5,10-11,16H,6-9,12H2,1H3,(H,26,28). The number of ether oxygens (including phenoxy) is 1. The van der Waals surface area contributed by atoms with Crippen LogP contribution in [-0.2, 0) is 11.0 Å². The molecule has 0 bridgehead atoms. The zero-order chi connectivity index (χ0) is 21.0. The molecule has 0 saturated carbocycles. The molecule has 1 aromatic carbocycles. The minimum Gasteiger partial charge on any atom is -0.484 e. The van der Waals surface area contributed by atoms with Gasteiger partial charge in [-0.3, -0.25) is 4.79 Å². The molecule has 156 valence electrons. The van der Waals surface area contributed by atoms with Gasteiger partial charge < -0.3 is 15.0 Å². The highest BCUT2D eigenvalue weighted by Crippen LogP contribution is 2.29. The van der Waals surface area contributed by atoms with Crippen molar-refractivity contribution < 1.29 is 22.7 Å². The summed E-state index contributed by atoms with van der Waals surface area (Å²) in [5.41, 5.74) is 0.0852. The van der Waals surface area contributed by atoms with Crippen LogP contribution in [0.3, 0.4) is 0 Å². The summed E-state index contributed by atoms with van der Waals surface area (Å²) in [7, 11) is 0. The van der Waals surface area contributed by atoms with Gasteiger partial charge in [0.05, 0.1) is 5.56 Å². The Hall–Kier alpha value is -2.48. The van der Waals surface area contributed by atoms with Crippen molar-refractivity contribution in [1.82, 2.24) is 10.3 Å². The Morgan fingerprint density at radius 3 is 2.59 bits per heavy atom. The molecule has 0 spiro atoms. The highest BCUT2D eigenvalue weighted by molar-refractivity contribution is 6.30. The van der Waals surface area contributed by atoms with E-state index >= 15 is 0 Å². The fourth-order valence-electron chi connectivity index (χ4n) is 3.18. The maximum Gasteiger partial charge on any atom is 0.417 e. The molecule has 2 heterocycles. The third-order valence-electron chi connectivity index (χ3n) is 4.76. The van der Waals surface area contributed by atoms with Gasteiger partial charge in [0.25, 0.3) is 5.91 Å². The average Bonchev–Trinajstić information content (AvgIpc) is 2.67. The number of amides is 1. The van der Waals surface area contributed by atoms with Crippen LogP contribution in [0.1, 0.15) is 24.0 Å². The van der Waals surface area contributed by atoms with Gasteiger partial charge in [-0.05, 0) is 55.7 Å². The Bertz CT molecular complexity index is 851. The van der Waals surface area contributed by atoms with Crippen molar-refractivity contribution >= 4 is 23.3 Å². The highest BCUT2D eigenvalue weighted by atomic mass is 35.5. The molecule has 1 N–H and O–H groups in total. The number of hydrogen-bond acceptors (Lipinski definition) is 4. The molecule has 3 rings (SSSR count). The number of alkyl halides is 3. The summed E-state index contributed by atoms with van der Waals surface area (Å²) >= 11 is 5.90. The Morgan fingerprint density at radius 1 is 1.28 bits per heavy atom. The van der Waals surface area contributed by atoms with E-state index in [-0.39, 0.29) is 18.6 Å². The van der Waals surface area contributed by atoms with E-state index in [9.17, 15) is 18.0 Å². The quantitative estimate of drug-likeness (QED) is 0.776. The minimum atomic E-state index is -4.39. The lowest BCUT2D eigenvalue weighted by Gasteiger charge is -2.33. The number of anilines is 1. The van der Waals surface area contributed by atoms with Crippen LogP contribution in [0.4, 0.5) is 19.0 Å². The molecule has 1 saturated heterocycles. The van der Waals surface area contributed by atoms with Gasteiger partial charge in [-0.15, -0.1) is 0 Å². The number of nitrogens with zero attached hydrogens (tertiary/aromatic N) is 2. The predicted octanol–water partition coefficient (Wildman–Crippen LogP) is 4.23. The number of aromatic nitrogens is 1. The van der Waals surface area contributed by atoms with E-state index in [0.717, 1.165) is 17.8 Å². The SMILES string of the molecule is Cc1cc(Cl)ccc1OCC(=O)NC1CCN(c2ccc(C(F)(F)F)cn2)CC1. The molecule has 0 atom stereocenters. The Labute approximate surface area is 171 Å². The second-order valence-electron chi connectivity index (χ2n) is 6.93. The van der Waals surface area contributed by atoms with Crippen molar-refractivity contribution in [3.63, 3.8) is 0 Å². The third kappa shape index (κ3) is 5.76. The summed E-state index contributed by atoms with van der Waals surface area (Å²) in [6.07, 6.45) is -2.20. The number of hydrogen-bond donors (Lipinski definition) is 1. The number of benzene rings is 1. The lowest BCUT2D eigenvalue weighted by molar-refractivity contribution is -0.137. The van der Waals surface area contributed by atoms with Gasteiger partial charge >= 0.3 is 6.18 Å². The van der Waals surface area contributed by atoms with Crippen LogP contribution in [0, 0.1) is 6.92 Å². The van der Waals surface area contributed by atoms with Crippen LogP contribution < -0.4 is 15.0 Å². The molecular formula is C20H21ClF3N3O2. The maximum absolute atomic E-state index is 12.6. The van der Waals surface area contributed by atoms with Gasteiger partial charge in [0.1, 0.15) is 11.6 Å². The molecule has 9 heteroatoms. The lowest BCUT2D eigenvalue weighted by Crippen LogP contribution is -2.46. The van der Waals surface area contributed by atoms with Crippen molar-refractivity contribution in [2.75, 3.05) is 24.6 Å². The number of rotatable bonds is 5.